The normalized spacial score (nSPS) is 10.9. The zero-order chi connectivity index (χ0) is 9.94. The van der Waals surface area contributed by atoms with E-state index < -0.39 is 8.32 Å². The highest BCUT2D eigenvalue weighted by atomic mass is 28.4. The molecule has 0 radical (unpaired) electrons. The van der Waals surface area contributed by atoms with E-state index in [4.69, 9.17) is 4.43 Å². The summed E-state index contributed by atoms with van der Waals surface area (Å²) < 4.78 is 5.91. The van der Waals surface area contributed by atoms with Crippen LogP contribution in [0, 0.1) is 0 Å². The Morgan fingerprint density at radius 1 is 1.08 bits per heavy atom. The van der Waals surface area contributed by atoms with Gasteiger partial charge >= 0.3 is 0 Å². The number of allylic oxidation sites excluding steroid dienone is 1. The lowest BCUT2D eigenvalue weighted by atomic mass is 10.3. The average molecular weight is 187 g/mol. The van der Waals surface area contributed by atoms with Crippen molar-refractivity contribution in [1.29, 1.82) is 0 Å². The van der Waals surface area contributed by atoms with Gasteiger partial charge in [0.2, 0.25) is 8.32 Å². The minimum absolute atomic E-state index is 1.02. The van der Waals surface area contributed by atoms with E-state index in [1.807, 2.05) is 19.0 Å². The molecule has 72 valence electrons. The summed E-state index contributed by atoms with van der Waals surface area (Å²) in [4.78, 5) is 2.04. The van der Waals surface area contributed by atoms with Gasteiger partial charge in [0.1, 0.15) is 0 Å². The lowest BCUT2D eigenvalue weighted by molar-refractivity contribution is 0.270. The molecular formula is C9H21NOSi. The van der Waals surface area contributed by atoms with Gasteiger partial charge in [0.15, 0.2) is 5.88 Å². The largest absolute Gasteiger partial charge is 0.533 e. The first-order valence-corrected chi connectivity index (χ1v) is 7.68. The highest BCUT2D eigenvalue weighted by Crippen LogP contribution is 2.15. The van der Waals surface area contributed by atoms with Crippen molar-refractivity contribution in [2.75, 3.05) is 14.1 Å². The van der Waals surface area contributed by atoms with Crippen LogP contribution in [0.2, 0.25) is 19.6 Å². The highest BCUT2D eigenvalue weighted by molar-refractivity contribution is 6.70. The molecule has 0 fully saturated rings. The van der Waals surface area contributed by atoms with Gasteiger partial charge in [-0.05, 0) is 39.1 Å². The molecule has 0 heterocycles. The van der Waals surface area contributed by atoms with Crippen LogP contribution in [-0.2, 0) is 4.43 Å². The standard InChI is InChI=1S/C9H21NOSi/c1-8(2)9(10(3)4)11-12(5,6)7/h1-7H3. The van der Waals surface area contributed by atoms with E-state index in [2.05, 4.69) is 33.5 Å². The maximum atomic E-state index is 5.91. The van der Waals surface area contributed by atoms with E-state index in [1.54, 1.807) is 0 Å². The quantitative estimate of drug-likeness (QED) is 0.497. The molecule has 0 aromatic rings. The SMILES string of the molecule is CC(C)=C(O[Si](C)(C)C)N(C)C. The number of rotatable bonds is 3. The molecule has 0 rings (SSSR count). The first-order valence-electron chi connectivity index (χ1n) is 4.28. The molecule has 0 saturated heterocycles. The molecular weight excluding hydrogens is 166 g/mol. The molecule has 0 unspecified atom stereocenters. The molecule has 0 aliphatic carbocycles. The number of nitrogens with zero attached hydrogens (tertiary/aromatic N) is 1. The maximum absolute atomic E-state index is 5.91. The van der Waals surface area contributed by atoms with Crippen LogP contribution in [0.4, 0.5) is 0 Å². The lowest BCUT2D eigenvalue weighted by Gasteiger charge is -2.27. The minimum atomic E-state index is -1.45. The van der Waals surface area contributed by atoms with E-state index in [-0.39, 0.29) is 0 Å². The Bertz CT molecular complexity index is 175. The molecule has 0 aliphatic heterocycles. The molecule has 0 aliphatic rings. The van der Waals surface area contributed by atoms with Gasteiger partial charge in [-0.25, -0.2) is 0 Å². The van der Waals surface area contributed by atoms with Crippen molar-refractivity contribution in [3.8, 4) is 0 Å². The van der Waals surface area contributed by atoms with Crippen LogP contribution in [-0.4, -0.2) is 27.3 Å². The molecule has 2 nitrogen and oxygen atoms in total. The second-order valence-electron chi connectivity index (χ2n) is 4.41. The fourth-order valence-corrected chi connectivity index (χ4v) is 1.90. The first-order chi connectivity index (χ1) is 5.24. The van der Waals surface area contributed by atoms with Gasteiger partial charge in [-0.1, -0.05) is 0 Å². The molecule has 3 heteroatoms. The van der Waals surface area contributed by atoms with Gasteiger partial charge in [-0.15, -0.1) is 0 Å². The molecule has 0 bridgehead atoms. The third-order valence-corrected chi connectivity index (χ3v) is 2.04. The van der Waals surface area contributed by atoms with Gasteiger partial charge in [0.25, 0.3) is 0 Å². The van der Waals surface area contributed by atoms with Gasteiger partial charge in [0, 0.05) is 14.1 Å². The predicted molar refractivity (Wildman–Crippen MR) is 56.5 cm³/mol. The van der Waals surface area contributed by atoms with Crippen LogP contribution in [0.15, 0.2) is 11.5 Å². The Labute approximate surface area is 77.3 Å². The summed E-state index contributed by atoms with van der Waals surface area (Å²) in [6, 6.07) is 0. The minimum Gasteiger partial charge on any atom is -0.533 e. The third kappa shape index (κ3) is 4.44. The summed E-state index contributed by atoms with van der Waals surface area (Å²) in [5, 5.41) is 0. The van der Waals surface area contributed by atoms with E-state index in [0.717, 1.165) is 5.88 Å². The molecule has 0 spiro atoms. The molecule has 12 heavy (non-hydrogen) atoms. The zero-order valence-corrected chi connectivity index (χ0v) is 10.4. The molecule has 0 aromatic carbocycles. The average Bonchev–Trinajstić information content (AvgIpc) is 1.79. The molecule has 0 saturated carbocycles. The predicted octanol–water partition coefficient (Wildman–Crippen LogP) is 2.65. The van der Waals surface area contributed by atoms with E-state index in [1.165, 1.54) is 5.57 Å². The van der Waals surface area contributed by atoms with Crippen molar-refractivity contribution in [3.05, 3.63) is 11.5 Å². The topological polar surface area (TPSA) is 12.5 Å². The van der Waals surface area contributed by atoms with Crippen molar-refractivity contribution in [2.24, 2.45) is 0 Å². The Hall–Kier alpha value is -0.443. The smallest absolute Gasteiger partial charge is 0.244 e. The van der Waals surface area contributed by atoms with Crippen LogP contribution in [0.25, 0.3) is 0 Å². The number of hydrogen-bond donors (Lipinski definition) is 0. The summed E-state index contributed by atoms with van der Waals surface area (Å²) in [6.07, 6.45) is 0. The summed E-state index contributed by atoms with van der Waals surface area (Å²) in [6.45, 7) is 10.7. The van der Waals surface area contributed by atoms with Gasteiger partial charge in [0.05, 0.1) is 0 Å². The van der Waals surface area contributed by atoms with Crippen LogP contribution >= 0.6 is 0 Å². The van der Waals surface area contributed by atoms with Crippen LogP contribution in [0.3, 0.4) is 0 Å². The second kappa shape index (κ2) is 3.98. The molecule has 0 N–H and O–H groups in total. The maximum Gasteiger partial charge on any atom is 0.244 e. The fraction of sp³-hybridized carbons (Fsp3) is 0.778. The summed E-state index contributed by atoms with van der Waals surface area (Å²) >= 11 is 0. The van der Waals surface area contributed by atoms with Crippen LogP contribution < -0.4 is 0 Å². The van der Waals surface area contributed by atoms with Crippen molar-refractivity contribution >= 4 is 8.32 Å². The van der Waals surface area contributed by atoms with E-state index in [0.29, 0.717) is 0 Å². The van der Waals surface area contributed by atoms with Crippen molar-refractivity contribution in [1.82, 2.24) is 4.90 Å². The molecule has 0 aromatic heterocycles. The third-order valence-electron chi connectivity index (χ3n) is 1.24. The van der Waals surface area contributed by atoms with Gasteiger partial charge < -0.3 is 9.33 Å². The van der Waals surface area contributed by atoms with Crippen molar-refractivity contribution in [3.63, 3.8) is 0 Å². The van der Waals surface area contributed by atoms with Crippen LogP contribution in [0.5, 0.6) is 0 Å². The number of hydrogen-bond acceptors (Lipinski definition) is 2. The van der Waals surface area contributed by atoms with Crippen molar-refractivity contribution in [2.45, 2.75) is 33.5 Å². The van der Waals surface area contributed by atoms with E-state index in [9.17, 15) is 0 Å². The zero-order valence-electron chi connectivity index (χ0n) is 9.36. The Kier molecular flexibility index (Phi) is 3.84. The first kappa shape index (κ1) is 11.6. The molecule has 0 atom stereocenters. The van der Waals surface area contributed by atoms with E-state index >= 15 is 0 Å². The fourth-order valence-electron chi connectivity index (χ4n) is 0.931. The van der Waals surface area contributed by atoms with Crippen molar-refractivity contribution < 1.29 is 4.43 Å². The summed E-state index contributed by atoms with van der Waals surface area (Å²) in [5.41, 5.74) is 1.24. The lowest BCUT2D eigenvalue weighted by Crippen LogP contribution is -2.30. The highest BCUT2D eigenvalue weighted by Gasteiger charge is 2.19. The second-order valence-corrected chi connectivity index (χ2v) is 8.84. The Balaban J connectivity index is 4.49. The molecule has 0 amide bonds. The van der Waals surface area contributed by atoms with Gasteiger partial charge in [-0.3, -0.25) is 0 Å². The monoisotopic (exact) mass is 187 g/mol. The van der Waals surface area contributed by atoms with Gasteiger partial charge in [-0.2, -0.15) is 0 Å². The Morgan fingerprint density at radius 2 is 1.50 bits per heavy atom. The Morgan fingerprint density at radius 3 is 1.58 bits per heavy atom. The van der Waals surface area contributed by atoms with Crippen LogP contribution in [0.1, 0.15) is 13.8 Å². The summed E-state index contributed by atoms with van der Waals surface area (Å²) in [7, 11) is 2.59. The summed E-state index contributed by atoms with van der Waals surface area (Å²) in [5.74, 6) is 1.02.